The van der Waals surface area contributed by atoms with E-state index in [2.05, 4.69) is 48.6 Å². The molecule has 0 spiro atoms. The third kappa shape index (κ3) is 2.03. The zero-order chi connectivity index (χ0) is 8.65. The van der Waals surface area contributed by atoms with Gasteiger partial charge in [-0.05, 0) is 22.9 Å². The summed E-state index contributed by atoms with van der Waals surface area (Å²) in [5, 5.41) is 0. The molecule has 0 aliphatic heterocycles. The smallest absolute Gasteiger partial charge is 0.159 e. The third-order valence-electron chi connectivity index (χ3n) is 1.48. The van der Waals surface area contributed by atoms with Crippen LogP contribution in [0.5, 0.6) is 0 Å². The van der Waals surface area contributed by atoms with Gasteiger partial charge in [-0.15, -0.1) is 11.3 Å². The van der Waals surface area contributed by atoms with Gasteiger partial charge >= 0.3 is 0 Å². The average molecular weight is 234 g/mol. The number of thiazole rings is 1. The van der Waals surface area contributed by atoms with Crippen molar-refractivity contribution >= 4 is 27.3 Å². The highest BCUT2D eigenvalue weighted by Gasteiger charge is 2.20. The topological polar surface area (TPSA) is 12.9 Å². The van der Waals surface area contributed by atoms with Gasteiger partial charge in [-0.1, -0.05) is 20.8 Å². The van der Waals surface area contributed by atoms with E-state index >= 15 is 0 Å². The molecule has 0 radical (unpaired) electrons. The first-order valence-electron chi connectivity index (χ1n) is 3.54. The summed E-state index contributed by atoms with van der Waals surface area (Å²) in [6.07, 6.45) is 0. The van der Waals surface area contributed by atoms with E-state index in [1.165, 1.54) is 10.6 Å². The maximum Gasteiger partial charge on any atom is 0.159 e. The molecule has 1 aromatic rings. The fourth-order valence-electron chi connectivity index (χ4n) is 1.06. The Hall–Kier alpha value is 0.110. The zero-order valence-corrected chi connectivity index (χ0v) is 9.64. The molecule has 62 valence electrons. The van der Waals surface area contributed by atoms with Gasteiger partial charge < -0.3 is 0 Å². The molecule has 1 heterocycles. The van der Waals surface area contributed by atoms with Crippen molar-refractivity contribution in [2.24, 2.45) is 0 Å². The van der Waals surface area contributed by atoms with Crippen molar-refractivity contribution in [1.82, 2.24) is 4.98 Å². The van der Waals surface area contributed by atoms with Gasteiger partial charge in [0.1, 0.15) is 0 Å². The summed E-state index contributed by atoms with van der Waals surface area (Å²) in [5.74, 6) is 0. The number of hydrogen-bond donors (Lipinski definition) is 0. The van der Waals surface area contributed by atoms with Crippen molar-refractivity contribution in [3.05, 3.63) is 14.5 Å². The van der Waals surface area contributed by atoms with Gasteiger partial charge in [0.2, 0.25) is 0 Å². The molecule has 0 bridgehead atoms. The number of aryl methyl sites for hydroxylation is 1. The maximum atomic E-state index is 4.42. The van der Waals surface area contributed by atoms with Crippen LogP contribution in [0.15, 0.2) is 3.92 Å². The summed E-state index contributed by atoms with van der Waals surface area (Å²) in [7, 11) is 0. The van der Waals surface area contributed by atoms with E-state index < -0.39 is 0 Å². The van der Waals surface area contributed by atoms with Crippen LogP contribution in [0.4, 0.5) is 0 Å². The van der Waals surface area contributed by atoms with E-state index in [0.717, 1.165) is 3.92 Å². The second-order valence-electron chi connectivity index (χ2n) is 3.62. The van der Waals surface area contributed by atoms with Crippen LogP contribution >= 0.6 is 27.3 Å². The van der Waals surface area contributed by atoms with E-state index in [1.807, 2.05) is 0 Å². The second kappa shape index (κ2) is 2.87. The minimum atomic E-state index is 0.173. The zero-order valence-electron chi connectivity index (χ0n) is 7.23. The number of rotatable bonds is 0. The molecule has 1 rings (SSSR count). The first-order valence-corrected chi connectivity index (χ1v) is 5.15. The lowest BCUT2D eigenvalue weighted by molar-refractivity contribution is 0.568. The van der Waals surface area contributed by atoms with Gasteiger partial charge in [0.15, 0.2) is 3.92 Å². The number of hydrogen-bond acceptors (Lipinski definition) is 2. The van der Waals surface area contributed by atoms with Gasteiger partial charge in [-0.2, -0.15) is 0 Å². The number of halogens is 1. The average Bonchev–Trinajstić information content (AvgIpc) is 2.08. The van der Waals surface area contributed by atoms with Crippen molar-refractivity contribution in [2.45, 2.75) is 33.1 Å². The van der Waals surface area contributed by atoms with Crippen molar-refractivity contribution in [3.8, 4) is 0 Å². The quantitative estimate of drug-likeness (QED) is 0.669. The summed E-state index contributed by atoms with van der Waals surface area (Å²) in [4.78, 5) is 5.73. The van der Waals surface area contributed by atoms with E-state index in [0.29, 0.717) is 0 Å². The molecule has 0 unspecified atom stereocenters. The largest absolute Gasteiger partial charge is 0.233 e. The molecule has 0 amide bonds. The molecular formula is C8H12BrNS. The van der Waals surface area contributed by atoms with E-state index in [9.17, 15) is 0 Å². The fourth-order valence-corrected chi connectivity index (χ4v) is 2.80. The molecule has 0 saturated heterocycles. The third-order valence-corrected chi connectivity index (χ3v) is 2.90. The Morgan fingerprint density at radius 2 is 1.91 bits per heavy atom. The van der Waals surface area contributed by atoms with Gasteiger partial charge in [-0.3, -0.25) is 0 Å². The molecule has 0 aromatic carbocycles. The lowest BCUT2D eigenvalue weighted by atomic mass is 9.92. The molecule has 1 aromatic heterocycles. The normalized spacial score (nSPS) is 12.1. The van der Waals surface area contributed by atoms with E-state index in [1.54, 1.807) is 11.3 Å². The molecular weight excluding hydrogens is 222 g/mol. The van der Waals surface area contributed by atoms with Crippen molar-refractivity contribution < 1.29 is 0 Å². The predicted octanol–water partition coefficient (Wildman–Crippen LogP) is 3.51. The van der Waals surface area contributed by atoms with Gasteiger partial charge in [-0.25, -0.2) is 4.98 Å². The summed E-state index contributed by atoms with van der Waals surface area (Å²) < 4.78 is 0.986. The summed E-state index contributed by atoms with van der Waals surface area (Å²) >= 11 is 5.08. The van der Waals surface area contributed by atoms with Gasteiger partial charge in [0.05, 0.1) is 5.69 Å². The highest BCUT2D eigenvalue weighted by atomic mass is 79.9. The Bertz CT molecular complexity index is 260. The Kier molecular flexibility index (Phi) is 2.40. The highest BCUT2D eigenvalue weighted by molar-refractivity contribution is 9.11. The monoisotopic (exact) mass is 233 g/mol. The summed E-state index contributed by atoms with van der Waals surface area (Å²) in [6.45, 7) is 8.66. The molecule has 0 N–H and O–H groups in total. The lowest BCUT2D eigenvalue weighted by Gasteiger charge is -2.15. The van der Waals surface area contributed by atoms with Crippen LogP contribution in [0.25, 0.3) is 0 Å². The van der Waals surface area contributed by atoms with Crippen molar-refractivity contribution in [2.75, 3.05) is 0 Å². The molecule has 0 saturated carbocycles. The van der Waals surface area contributed by atoms with Crippen LogP contribution in [-0.2, 0) is 5.41 Å². The van der Waals surface area contributed by atoms with Gasteiger partial charge in [0.25, 0.3) is 0 Å². The second-order valence-corrected chi connectivity index (χ2v) is 6.10. The molecule has 3 heteroatoms. The van der Waals surface area contributed by atoms with Crippen LogP contribution in [0.2, 0.25) is 0 Å². The molecule has 0 fully saturated rings. The van der Waals surface area contributed by atoms with Crippen molar-refractivity contribution in [1.29, 1.82) is 0 Å². The Morgan fingerprint density at radius 3 is 2.09 bits per heavy atom. The van der Waals surface area contributed by atoms with Gasteiger partial charge in [0, 0.05) is 10.3 Å². The van der Waals surface area contributed by atoms with Crippen molar-refractivity contribution in [3.63, 3.8) is 0 Å². The molecule has 0 atom stereocenters. The highest BCUT2D eigenvalue weighted by Crippen LogP contribution is 2.30. The minimum absolute atomic E-state index is 0.173. The fraction of sp³-hybridized carbons (Fsp3) is 0.625. The summed E-state index contributed by atoms with van der Waals surface area (Å²) in [5.41, 5.74) is 1.38. The van der Waals surface area contributed by atoms with E-state index in [4.69, 9.17) is 0 Å². The molecule has 11 heavy (non-hydrogen) atoms. The number of aromatic nitrogens is 1. The predicted molar refractivity (Wildman–Crippen MR) is 53.3 cm³/mol. The van der Waals surface area contributed by atoms with Crippen LogP contribution < -0.4 is 0 Å². The minimum Gasteiger partial charge on any atom is -0.233 e. The first-order chi connectivity index (χ1) is 4.91. The summed E-state index contributed by atoms with van der Waals surface area (Å²) in [6, 6.07) is 0. The standard InChI is InChI=1S/C8H12BrNS/c1-5-6(8(2,3)4)10-7(9)11-5/h1-4H3. The van der Waals surface area contributed by atoms with Crippen LogP contribution in [0.1, 0.15) is 31.3 Å². The molecule has 0 aliphatic carbocycles. The lowest BCUT2D eigenvalue weighted by Crippen LogP contribution is -2.12. The van der Waals surface area contributed by atoms with Crippen LogP contribution in [0.3, 0.4) is 0 Å². The van der Waals surface area contributed by atoms with E-state index in [-0.39, 0.29) is 5.41 Å². The van der Waals surface area contributed by atoms with Crippen LogP contribution in [-0.4, -0.2) is 4.98 Å². The SMILES string of the molecule is Cc1sc(Br)nc1C(C)(C)C. The van der Waals surface area contributed by atoms with Crippen LogP contribution in [0, 0.1) is 6.92 Å². The first kappa shape index (κ1) is 9.20. The molecule has 0 aliphatic rings. The Morgan fingerprint density at radius 1 is 1.36 bits per heavy atom. The maximum absolute atomic E-state index is 4.42. The Labute approximate surface area is 80.0 Å². The molecule has 1 nitrogen and oxygen atoms in total. The Balaban J connectivity index is 3.13. The number of nitrogens with zero attached hydrogens (tertiary/aromatic N) is 1.